The summed E-state index contributed by atoms with van der Waals surface area (Å²) in [5, 5.41) is 0. The molecule has 2 aliphatic heterocycles. The summed E-state index contributed by atoms with van der Waals surface area (Å²) in [4.78, 5) is 5.25. The zero-order valence-electron chi connectivity index (χ0n) is 26.6. The van der Waals surface area contributed by atoms with E-state index >= 15 is 0 Å². The van der Waals surface area contributed by atoms with E-state index in [2.05, 4.69) is 83.4 Å². The van der Waals surface area contributed by atoms with Crippen LogP contribution in [0, 0.1) is 20.8 Å². The van der Waals surface area contributed by atoms with Crippen molar-refractivity contribution in [1.82, 2.24) is 9.80 Å². The summed E-state index contributed by atoms with van der Waals surface area (Å²) in [6.07, 6.45) is 15.1. The van der Waals surface area contributed by atoms with Gasteiger partial charge in [0.1, 0.15) is 17.1 Å². The van der Waals surface area contributed by atoms with E-state index < -0.39 is 0 Å². The predicted octanol–water partition coefficient (Wildman–Crippen LogP) is 8.13. The van der Waals surface area contributed by atoms with Crippen molar-refractivity contribution in [3.8, 4) is 11.5 Å². The first kappa shape index (κ1) is 31.5. The Morgan fingerprint density at radius 1 is 0.846 bits per heavy atom. The van der Waals surface area contributed by atoms with Crippen molar-refractivity contribution in [2.24, 2.45) is 0 Å². The highest BCUT2D eigenvalue weighted by atomic mass is 16.5. The van der Waals surface area contributed by atoms with Crippen LogP contribution in [0.2, 0.25) is 0 Å². The first-order valence-electron chi connectivity index (χ1n) is 15.3. The minimum absolute atomic E-state index is 0.0966. The molecule has 2 aliphatic rings. The molecule has 4 heteroatoms. The Bertz CT molecular complexity index is 1060. The van der Waals surface area contributed by atoms with Crippen LogP contribution in [0.15, 0.2) is 34.9 Å². The number of nitrogens with zero attached hydrogens (tertiary/aromatic N) is 2. The van der Waals surface area contributed by atoms with Crippen LogP contribution in [0.1, 0.15) is 95.4 Å². The third-order valence-corrected chi connectivity index (χ3v) is 9.01. The number of hydrogen-bond donors (Lipinski definition) is 0. The van der Waals surface area contributed by atoms with Gasteiger partial charge in [-0.05, 0) is 117 Å². The summed E-state index contributed by atoms with van der Waals surface area (Å²) in [6, 6.07) is 0. The van der Waals surface area contributed by atoms with Crippen LogP contribution in [0.25, 0.3) is 0 Å². The third-order valence-electron chi connectivity index (χ3n) is 9.01. The molecule has 0 aromatic heterocycles. The quantitative estimate of drug-likeness (QED) is 0.252. The smallest absolute Gasteiger partial charge is 0.127 e. The topological polar surface area (TPSA) is 24.9 Å². The van der Waals surface area contributed by atoms with Gasteiger partial charge in [-0.15, -0.1) is 0 Å². The highest BCUT2D eigenvalue weighted by Gasteiger charge is 2.35. The van der Waals surface area contributed by atoms with Crippen molar-refractivity contribution < 1.29 is 9.47 Å². The summed E-state index contributed by atoms with van der Waals surface area (Å²) in [5.74, 6) is 2.14. The first-order chi connectivity index (χ1) is 18.5. The number of methoxy groups -OCH3 is 1. The van der Waals surface area contributed by atoms with Gasteiger partial charge in [-0.25, -0.2) is 0 Å². The minimum Gasteiger partial charge on any atom is -0.496 e. The van der Waals surface area contributed by atoms with Crippen LogP contribution >= 0.6 is 0 Å². The maximum Gasteiger partial charge on any atom is 0.127 e. The Morgan fingerprint density at radius 3 is 2.10 bits per heavy atom. The number of ether oxygens (including phenoxy) is 2. The zero-order chi connectivity index (χ0) is 28.6. The van der Waals surface area contributed by atoms with E-state index in [1.54, 1.807) is 7.11 Å². The molecule has 0 saturated carbocycles. The molecule has 0 aliphatic carbocycles. The fraction of sp³-hybridized carbons (Fsp3) is 0.657. The molecule has 3 rings (SSSR count). The standard InChI is InChI=1S/C35H56N2O2/c1-26(2)12-10-13-27(3)14-11-15-28(4)17-20-36-22-24-37(25-23-36)21-19-35(8)18-16-32-31(7)33(38-9)29(5)30(6)34(32)39-35/h12,14,17H,10-11,13,15-16,18-25H2,1-9H3. The van der Waals surface area contributed by atoms with Gasteiger partial charge in [0.05, 0.1) is 7.11 Å². The van der Waals surface area contributed by atoms with Crippen LogP contribution in [0.5, 0.6) is 11.5 Å². The molecule has 218 valence electrons. The van der Waals surface area contributed by atoms with Crippen LogP contribution in [-0.4, -0.2) is 61.8 Å². The lowest BCUT2D eigenvalue weighted by atomic mass is 9.85. The number of hydrogen-bond acceptors (Lipinski definition) is 4. The van der Waals surface area contributed by atoms with Crippen LogP contribution in [0.3, 0.4) is 0 Å². The van der Waals surface area contributed by atoms with Crippen molar-refractivity contribution >= 4 is 0 Å². The molecule has 1 saturated heterocycles. The predicted molar refractivity (Wildman–Crippen MR) is 167 cm³/mol. The summed E-state index contributed by atoms with van der Waals surface area (Å²) in [5.41, 5.74) is 9.40. The Hall–Kier alpha value is -2.04. The van der Waals surface area contributed by atoms with E-state index in [0.29, 0.717) is 0 Å². The molecule has 2 heterocycles. The third kappa shape index (κ3) is 8.98. The number of piperazine rings is 1. The van der Waals surface area contributed by atoms with Gasteiger partial charge in [0.15, 0.2) is 0 Å². The highest BCUT2D eigenvalue weighted by molar-refractivity contribution is 5.58. The Kier molecular flexibility index (Phi) is 11.7. The lowest BCUT2D eigenvalue weighted by Crippen LogP contribution is -2.48. The molecule has 0 amide bonds. The fourth-order valence-corrected chi connectivity index (χ4v) is 5.98. The molecule has 1 aromatic carbocycles. The molecule has 4 nitrogen and oxygen atoms in total. The average Bonchev–Trinajstić information content (AvgIpc) is 2.90. The van der Waals surface area contributed by atoms with E-state index in [4.69, 9.17) is 9.47 Å². The van der Waals surface area contributed by atoms with E-state index in [1.807, 2.05) is 0 Å². The molecule has 0 bridgehead atoms. The summed E-state index contributed by atoms with van der Waals surface area (Å²) < 4.78 is 12.5. The number of allylic oxidation sites excluding steroid dienone is 5. The van der Waals surface area contributed by atoms with Crippen LogP contribution in [0.4, 0.5) is 0 Å². The maximum atomic E-state index is 6.76. The van der Waals surface area contributed by atoms with Gasteiger partial charge in [-0.2, -0.15) is 0 Å². The second-order valence-corrected chi connectivity index (χ2v) is 12.6. The second-order valence-electron chi connectivity index (χ2n) is 12.6. The number of rotatable bonds is 12. The highest BCUT2D eigenvalue weighted by Crippen LogP contribution is 2.44. The summed E-state index contributed by atoms with van der Waals surface area (Å²) >= 11 is 0. The maximum absolute atomic E-state index is 6.76. The zero-order valence-corrected chi connectivity index (χ0v) is 26.6. The number of fused-ring (bicyclic) bond motifs is 1. The van der Waals surface area contributed by atoms with Gasteiger partial charge in [0.25, 0.3) is 0 Å². The van der Waals surface area contributed by atoms with Gasteiger partial charge < -0.3 is 14.4 Å². The molecule has 0 radical (unpaired) electrons. The van der Waals surface area contributed by atoms with Crippen LogP contribution < -0.4 is 9.47 Å². The molecular weight excluding hydrogens is 480 g/mol. The second kappa shape index (κ2) is 14.6. The Labute approximate surface area is 240 Å². The van der Waals surface area contributed by atoms with Crippen molar-refractivity contribution in [3.63, 3.8) is 0 Å². The first-order valence-corrected chi connectivity index (χ1v) is 15.3. The van der Waals surface area contributed by atoms with Crippen molar-refractivity contribution in [1.29, 1.82) is 0 Å². The molecular formula is C35H56N2O2. The van der Waals surface area contributed by atoms with Crippen molar-refractivity contribution in [2.75, 3.05) is 46.4 Å². The van der Waals surface area contributed by atoms with Crippen LogP contribution in [-0.2, 0) is 6.42 Å². The van der Waals surface area contributed by atoms with Gasteiger partial charge in [0.2, 0.25) is 0 Å². The Balaban J connectivity index is 1.40. The molecule has 39 heavy (non-hydrogen) atoms. The minimum atomic E-state index is -0.0966. The Morgan fingerprint density at radius 2 is 1.46 bits per heavy atom. The molecule has 1 unspecified atom stereocenters. The molecule has 1 aromatic rings. The molecule has 1 atom stereocenters. The molecule has 0 N–H and O–H groups in total. The van der Waals surface area contributed by atoms with E-state index in [-0.39, 0.29) is 5.60 Å². The average molecular weight is 537 g/mol. The largest absolute Gasteiger partial charge is 0.496 e. The van der Waals surface area contributed by atoms with E-state index in [0.717, 1.165) is 76.5 Å². The number of benzene rings is 1. The van der Waals surface area contributed by atoms with Crippen molar-refractivity contribution in [3.05, 3.63) is 57.2 Å². The lowest BCUT2D eigenvalue weighted by Gasteiger charge is -2.40. The van der Waals surface area contributed by atoms with E-state index in [9.17, 15) is 0 Å². The van der Waals surface area contributed by atoms with Gasteiger partial charge in [-0.3, -0.25) is 4.90 Å². The fourth-order valence-electron chi connectivity index (χ4n) is 5.98. The molecule has 1 fully saturated rings. The normalized spacial score (nSPS) is 20.9. The lowest BCUT2D eigenvalue weighted by molar-refractivity contribution is 0.0365. The summed E-state index contributed by atoms with van der Waals surface area (Å²) in [6.45, 7) is 24.6. The summed E-state index contributed by atoms with van der Waals surface area (Å²) in [7, 11) is 1.78. The van der Waals surface area contributed by atoms with Gasteiger partial charge in [-0.1, -0.05) is 34.9 Å². The SMILES string of the molecule is COc1c(C)c(C)c2c(c1C)CCC(C)(CCN1CCN(CC=C(C)CCC=C(C)CCC=C(C)C)CC1)O2. The molecule has 0 spiro atoms. The van der Waals surface area contributed by atoms with Gasteiger partial charge >= 0.3 is 0 Å². The van der Waals surface area contributed by atoms with E-state index in [1.165, 1.54) is 58.2 Å². The monoisotopic (exact) mass is 536 g/mol. The van der Waals surface area contributed by atoms with Crippen molar-refractivity contribution in [2.45, 2.75) is 106 Å². The van der Waals surface area contributed by atoms with Gasteiger partial charge in [0, 0.05) is 44.8 Å².